The number of hydrogen-bond acceptors (Lipinski definition) is 6. The van der Waals surface area contributed by atoms with Gasteiger partial charge in [-0.25, -0.2) is 4.98 Å². The van der Waals surface area contributed by atoms with Gasteiger partial charge in [-0.05, 0) is 56.5 Å². The summed E-state index contributed by atoms with van der Waals surface area (Å²) in [7, 11) is 0. The van der Waals surface area contributed by atoms with Gasteiger partial charge in [0.25, 0.3) is 5.91 Å². The molecule has 2 saturated heterocycles. The number of carbonyl (C=O) groups excluding carboxylic acids is 1. The van der Waals surface area contributed by atoms with Gasteiger partial charge in [0.2, 0.25) is 0 Å². The maximum Gasteiger partial charge on any atom is 0.276 e. The highest BCUT2D eigenvalue weighted by Gasteiger charge is 2.19. The van der Waals surface area contributed by atoms with Gasteiger partial charge >= 0.3 is 0 Å². The van der Waals surface area contributed by atoms with Crippen LogP contribution in [0.3, 0.4) is 0 Å². The number of aromatic nitrogens is 3. The van der Waals surface area contributed by atoms with E-state index in [1.807, 2.05) is 29.1 Å². The van der Waals surface area contributed by atoms with E-state index in [1.165, 1.54) is 12.8 Å². The number of halogens is 1. The second-order valence-electron chi connectivity index (χ2n) is 7.51. The average Bonchev–Trinajstić information content (AvgIpc) is 3.47. The van der Waals surface area contributed by atoms with Gasteiger partial charge in [-0.3, -0.25) is 9.48 Å². The third-order valence-corrected chi connectivity index (χ3v) is 6.58. The third kappa shape index (κ3) is 4.24. The lowest BCUT2D eigenvalue weighted by Crippen LogP contribution is -2.32. The number of nitrogens with zero attached hydrogens (tertiary/aromatic N) is 4. The lowest BCUT2D eigenvalue weighted by atomic mass is 10.1. The zero-order valence-electron chi connectivity index (χ0n) is 16.1. The largest absolute Gasteiger partial charge is 0.348 e. The van der Waals surface area contributed by atoms with Gasteiger partial charge in [-0.2, -0.15) is 5.10 Å². The van der Waals surface area contributed by atoms with E-state index in [1.54, 1.807) is 17.4 Å². The predicted octanol–water partition coefficient (Wildman–Crippen LogP) is 3.69. The Morgan fingerprint density at radius 1 is 1.21 bits per heavy atom. The number of rotatable bonds is 4. The standard InChI is InChI=1S/C20H24N6OS.ClH/c27-19(17-7-11-26(24-17)15-4-3-8-21-13-15)22-14-5-6-16-18(12-14)28-20(23-16)25-9-1-2-10-25;/h5-7,11-12,15,21H,1-4,8-10,13H2,(H,22,27);1H. The molecule has 0 aliphatic carbocycles. The second-order valence-corrected chi connectivity index (χ2v) is 8.52. The molecule has 0 saturated carbocycles. The minimum absolute atomic E-state index is 0. The second kappa shape index (κ2) is 8.69. The molecule has 1 aromatic carbocycles. The van der Waals surface area contributed by atoms with Crippen molar-refractivity contribution in [2.24, 2.45) is 0 Å². The summed E-state index contributed by atoms with van der Waals surface area (Å²) in [5, 5.41) is 11.9. The van der Waals surface area contributed by atoms with Crippen molar-refractivity contribution >= 4 is 50.7 Å². The Morgan fingerprint density at radius 2 is 2.07 bits per heavy atom. The molecule has 1 unspecified atom stereocenters. The summed E-state index contributed by atoms with van der Waals surface area (Å²) in [4.78, 5) is 19.7. The Morgan fingerprint density at radius 3 is 2.86 bits per heavy atom. The van der Waals surface area contributed by atoms with Crippen LogP contribution in [-0.4, -0.2) is 46.9 Å². The molecule has 0 radical (unpaired) electrons. The van der Waals surface area contributed by atoms with E-state index >= 15 is 0 Å². The molecule has 1 amide bonds. The lowest BCUT2D eigenvalue weighted by molar-refractivity contribution is 0.102. The number of piperidine rings is 1. The summed E-state index contributed by atoms with van der Waals surface area (Å²) in [6, 6.07) is 8.02. The molecule has 0 bridgehead atoms. The van der Waals surface area contributed by atoms with E-state index in [9.17, 15) is 4.79 Å². The Kier molecular flexibility index (Phi) is 6.03. The third-order valence-electron chi connectivity index (χ3n) is 5.50. The number of benzene rings is 1. The molecular weight excluding hydrogens is 408 g/mol. The topological polar surface area (TPSA) is 75.1 Å². The van der Waals surface area contributed by atoms with Crippen LogP contribution in [0.25, 0.3) is 10.2 Å². The van der Waals surface area contributed by atoms with Crippen LogP contribution in [0.5, 0.6) is 0 Å². The van der Waals surface area contributed by atoms with Crippen molar-refractivity contribution in [3.8, 4) is 0 Å². The van der Waals surface area contributed by atoms with Gasteiger partial charge in [0.1, 0.15) is 0 Å². The summed E-state index contributed by atoms with van der Waals surface area (Å²) < 4.78 is 3.01. The van der Waals surface area contributed by atoms with E-state index < -0.39 is 0 Å². The number of amides is 1. The van der Waals surface area contributed by atoms with Crippen molar-refractivity contribution in [1.82, 2.24) is 20.1 Å². The van der Waals surface area contributed by atoms with Gasteiger partial charge < -0.3 is 15.5 Å². The Labute approximate surface area is 179 Å². The minimum Gasteiger partial charge on any atom is -0.348 e. The smallest absolute Gasteiger partial charge is 0.276 e. The van der Waals surface area contributed by atoms with Gasteiger partial charge in [0, 0.05) is 31.5 Å². The first-order valence-corrected chi connectivity index (χ1v) is 10.8. The van der Waals surface area contributed by atoms with Crippen molar-refractivity contribution in [3.63, 3.8) is 0 Å². The monoisotopic (exact) mass is 432 g/mol. The maximum absolute atomic E-state index is 12.6. The molecule has 2 aliphatic heterocycles. The molecule has 4 heterocycles. The lowest BCUT2D eigenvalue weighted by Gasteiger charge is -2.22. The molecule has 7 nitrogen and oxygen atoms in total. The number of nitrogens with one attached hydrogen (secondary N) is 2. The molecular formula is C20H25ClN6OS. The molecule has 29 heavy (non-hydrogen) atoms. The van der Waals surface area contributed by atoms with E-state index in [2.05, 4.69) is 20.6 Å². The Hall–Kier alpha value is -2.16. The van der Waals surface area contributed by atoms with Crippen molar-refractivity contribution in [2.45, 2.75) is 31.7 Å². The van der Waals surface area contributed by atoms with E-state index in [0.717, 1.165) is 60.1 Å². The first-order valence-electron chi connectivity index (χ1n) is 9.99. The summed E-state index contributed by atoms with van der Waals surface area (Å²) in [5.74, 6) is -0.175. The van der Waals surface area contributed by atoms with Gasteiger partial charge in [-0.1, -0.05) is 11.3 Å². The molecule has 9 heteroatoms. The fourth-order valence-corrected chi connectivity index (χ4v) is 5.01. The van der Waals surface area contributed by atoms with Crippen LogP contribution >= 0.6 is 23.7 Å². The average molecular weight is 433 g/mol. The normalized spacial score (nSPS) is 19.3. The molecule has 3 aromatic rings. The SMILES string of the molecule is Cl.O=C(Nc1ccc2nc(N3CCCC3)sc2c1)c1ccn(C2CCCNC2)n1. The number of carbonyl (C=O) groups is 1. The van der Waals surface area contributed by atoms with Crippen LogP contribution in [0.15, 0.2) is 30.5 Å². The Bertz CT molecular complexity index is 990. The van der Waals surface area contributed by atoms with Gasteiger partial charge in [-0.15, -0.1) is 12.4 Å². The zero-order valence-corrected chi connectivity index (χ0v) is 17.8. The number of anilines is 2. The molecule has 2 aliphatic rings. The zero-order chi connectivity index (χ0) is 18.9. The van der Waals surface area contributed by atoms with E-state index in [0.29, 0.717) is 11.7 Å². The van der Waals surface area contributed by atoms with Crippen molar-refractivity contribution in [2.75, 3.05) is 36.4 Å². The predicted molar refractivity (Wildman–Crippen MR) is 120 cm³/mol. The first kappa shape index (κ1) is 20.1. The first-order chi connectivity index (χ1) is 13.8. The van der Waals surface area contributed by atoms with Crippen LogP contribution in [0, 0.1) is 0 Å². The summed E-state index contributed by atoms with van der Waals surface area (Å²) in [5.41, 5.74) is 2.22. The fourth-order valence-electron chi connectivity index (χ4n) is 3.95. The maximum atomic E-state index is 12.6. The van der Waals surface area contributed by atoms with E-state index in [4.69, 9.17) is 4.98 Å². The summed E-state index contributed by atoms with van der Waals surface area (Å²) >= 11 is 1.69. The quantitative estimate of drug-likeness (QED) is 0.657. The van der Waals surface area contributed by atoms with Crippen LogP contribution in [0.1, 0.15) is 42.2 Å². The molecule has 2 N–H and O–H groups in total. The van der Waals surface area contributed by atoms with E-state index in [-0.39, 0.29) is 18.3 Å². The number of thiazole rings is 1. The molecule has 0 spiro atoms. The van der Waals surface area contributed by atoms with Crippen LogP contribution in [0.4, 0.5) is 10.8 Å². The molecule has 2 aromatic heterocycles. The number of hydrogen-bond donors (Lipinski definition) is 2. The van der Waals surface area contributed by atoms with Crippen molar-refractivity contribution in [1.29, 1.82) is 0 Å². The van der Waals surface area contributed by atoms with Crippen LogP contribution in [-0.2, 0) is 0 Å². The summed E-state index contributed by atoms with van der Waals surface area (Å²) in [6.07, 6.45) is 6.61. The number of fused-ring (bicyclic) bond motifs is 1. The van der Waals surface area contributed by atoms with Crippen molar-refractivity contribution in [3.05, 3.63) is 36.2 Å². The summed E-state index contributed by atoms with van der Waals surface area (Å²) in [6.45, 7) is 4.14. The Balaban J connectivity index is 0.00000205. The highest BCUT2D eigenvalue weighted by molar-refractivity contribution is 7.22. The van der Waals surface area contributed by atoms with Crippen molar-refractivity contribution < 1.29 is 4.79 Å². The highest BCUT2D eigenvalue weighted by Crippen LogP contribution is 2.32. The van der Waals surface area contributed by atoms with Gasteiger partial charge in [0.15, 0.2) is 10.8 Å². The van der Waals surface area contributed by atoms with Gasteiger partial charge in [0.05, 0.1) is 16.3 Å². The fraction of sp³-hybridized carbons (Fsp3) is 0.450. The minimum atomic E-state index is -0.175. The molecule has 2 fully saturated rings. The molecule has 154 valence electrons. The molecule has 5 rings (SSSR count). The van der Waals surface area contributed by atoms with Crippen LogP contribution in [0.2, 0.25) is 0 Å². The van der Waals surface area contributed by atoms with Crippen LogP contribution < -0.4 is 15.5 Å². The highest BCUT2D eigenvalue weighted by atomic mass is 35.5. The molecule has 1 atom stereocenters.